The lowest BCUT2D eigenvalue weighted by Gasteiger charge is -2.35. The summed E-state index contributed by atoms with van der Waals surface area (Å²) in [5.41, 5.74) is 3.56. The molecule has 22 heavy (non-hydrogen) atoms. The van der Waals surface area contributed by atoms with Crippen molar-refractivity contribution < 1.29 is 0 Å². The smallest absolute Gasteiger partial charge is 0.252 e. The molecule has 1 aliphatic heterocycles. The van der Waals surface area contributed by atoms with Gasteiger partial charge in [-0.3, -0.25) is 4.79 Å². The average molecular weight is 318 g/mol. The third-order valence-electron chi connectivity index (χ3n) is 4.17. The molecule has 1 N–H and O–H groups in total. The molecule has 1 aliphatic rings. The van der Waals surface area contributed by atoms with Gasteiger partial charge in [-0.05, 0) is 19.2 Å². The number of rotatable bonds is 3. The highest BCUT2D eigenvalue weighted by Gasteiger charge is 2.17. The van der Waals surface area contributed by atoms with E-state index in [2.05, 4.69) is 34.0 Å². The van der Waals surface area contributed by atoms with Crippen molar-refractivity contribution in [2.45, 2.75) is 5.88 Å². The van der Waals surface area contributed by atoms with Gasteiger partial charge in [0.1, 0.15) is 0 Å². The normalized spacial score (nSPS) is 16.0. The van der Waals surface area contributed by atoms with Crippen LogP contribution in [-0.2, 0) is 5.88 Å². The largest absolute Gasteiger partial charge is 0.368 e. The van der Waals surface area contributed by atoms with Gasteiger partial charge < -0.3 is 14.8 Å². The first-order valence-electron chi connectivity index (χ1n) is 7.50. The fourth-order valence-corrected chi connectivity index (χ4v) is 3.00. The number of nitrogens with one attached hydrogen (secondary N) is 1. The first-order chi connectivity index (χ1) is 10.7. The second-order valence-corrected chi connectivity index (χ2v) is 5.93. The van der Waals surface area contributed by atoms with E-state index in [4.69, 9.17) is 11.6 Å². The number of nitrogens with zero attached hydrogens (tertiary/aromatic N) is 2. The molecule has 0 radical (unpaired) electrons. The topological polar surface area (TPSA) is 39.3 Å². The van der Waals surface area contributed by atoms with Gasteiger partial charge in [-0.2, -0.15) is 0 Å². The second kappa shape index (κ2) is 6.55. The molecular formula is C17H20ClN3O. The van der Waals surface area contributed by atoms with E-state index in [1.807, 2.05) is 24.3 Å². The van der Waals surface area contributed by atoms with Crippen molar-refractivity contribution in [3.05, 3.63) is 52.3 Å². The molecule has 1 fully saturated rings. The number of hydrogen-bond acceptors (Lipinski definition) is 3. The maximum atomic E-state index is 12.0. The average Bonchev–Trinajstić information content (AvgIpc) is 2.55. The zero-order valence-corrected chi connectivity index (χ0v) is 13.4. The number of H-pyrrole nitrogens is 1. The van der Waals surface area contributed by atoms with Crippen LogP contribution in [0, 0.1) is 0 Å². The van der Waals surface area contributed by atoms with Gasteiger partial charge in [-0.25, -0.2) is 0 Å². The molecule has 0 aliphatic carbocycles. The first kappa shape index (κ1) is 15.1. The Bertz CT molecular complexity index is 705. The third kappa shape index (κ3) is 3.03. The van der Waals surface area contributed by atoms with Gasteiger partial charge in [-0.1, -0.05) is 24.3 Å². The van der Waals surface area contributed by atoms with E-state index in [1.54, 1.807) is 0 Å². The number of aromatic nitrogens is 1. The Morgan fingerprint density at radius 1 is 1.09 bits per heavy atom. The molecule has 2 aromatic rings. The van der Waals surface area contributed by atoms with E-state index in [9.17, 15) is 4.79 Å². The Balaban J connectivity index is 1.97. The number of aromatic amines is 1. The molecule has 0 saturated carbocycles. The molecule has 5 heteroatoms. The molecule has 116 valence electrons. The van der Waals surface area contributed by atoms with E-state index in [0.717, 1.165) is 37.4 Å². The minimum Gasteiger partial charge on any atom is -0.368 e. The Morgan fingerprint density at radius 2 is 1.82 bits per heavy atom. The molecule has 1 saturated heterocycles. The summed E-state index contributed by atoms with van der Waals surface area (Å²) < 4.78 is 0. The zero-order valence-electron chi connectivity index (χ0n) is 12.7. The summed E-state index contributed by atoms with van der Waals surface area (Å²) in [7, 11) is 2.14. The van der Waals surface area contributed by atoms with Gasteiger partial charge in [0.05, 0.1) is 11.6 Å². The standard InChI is InChI=1S/C17H20ClN3O/c1-20-8-10-21(11-9-20)16-5-3-2-4-14(16)15-7-6-13(12-18)17(22)19-15/h2-7H,8-12H2,1H3,(H,19,22). The van der Waals surface area contributed by atoms with Gasteiger partial charge in [0.25, 0.3) is 5.56 Å². The van der Waals surface area contributed by atoms with Crippen LogP contribution in [0.25, 0.3) is 11.3 Å². The Kier molecular flexibility index (Phi) is 4.50. The van der Waals surface area contributed by atoms with Gasteiger partial charge in [0.2, 0.25) is 0 Å². The Hall–Kier alpha value is -1.78. The first-order valence-corrected chi connectivity index (χ1v) is 8.03. The summed E-state index contributed by atoms with van der Waals surface area (Å²) in [6, 6.07) is 12.0. The molecule has 3 rings (SSSR count). The number of halogens is 1. The summed E-state index contributed by atoms with van der Waals surface area (Å²) in [6.07, 6.45) is 0. The molecule has 1 aromatic carbocycles. The quantitative estimate of drug-likeness (QED) is 0.884. The van der Waals surface area contributed by atoms with Crippen LogP contribution in [-0.4, -0.2) is 43.1 Å². The van der Waals surface area contributed by atoms with Crippen LogP contribution in [0.4, 0.5) is 5.69 Å². The molecule has 0 spiro atoms. The van der Waals surface area contributed by atoms with Gasteiger partial charge in [-0.15, -0.1) is 11.6 Å². The van der Waals surface area contributed by atoms with E-state index in [-0.39, 0.29) is 11.4 Å². The highest BCUT2D eigenvalue weighted by molar-refractivity contribution is 6.17. The summed E-state index contributed by atoms with van der Waals surface area (Å²) >= 11 is 5.76. The van der Waals surface area contributed by atoms with E-state index >= 15 is 0 Å². The summed E-state index contributed by atoms with van der Waals surface area (Å²) in [5.74, 6) is 0.232. The lowest BCUT2D eigenvalue weighted by molar-refractivity contribution is 0.313. The van der Waals surface area contributed by atoms with Gasteiger partial charge in [0.15, 0.2) is 0 Å². The maximum Gasteiger partial charge on any atom is 0.252 e. The lowest BCUT2D eigenvalue weighted by atomic mass is 10.1. The minimum atomic E-state index is -0.110. The molecule has 0 unspecified atom stereocenters. The summed E-state index contributed by atoms with van der Waals surface area (Å²) in [5, 5.41) is 0. The molecule has 2 heterocycles. The number of pyridine rings is 1. The highest BCUT2D eigenvalue weighted by Crippen LogP contribution is 2.29. The zero-order chi connectivity index (χ0) is 15.5. The van der Waals surface area contributed by atoms with Crippen molar-refractivity contribution in [1.82, 2.24) is 9.88 Å². The fourth-order valence-electron chi connectivity index (χ4n) is 2.79. The van der Waals surface area contributed by atoms with Crippen LogP contribution < -0.4 is 10.5 Å². The van der Waals surface area contributed by atoms with Crippen molar-refractivity contribution in [1.29, 1.82) is 0 Å². The minimum absolute atomic E-state index is 0.110. The van der Waals surface area contributed by atoms with E-state index in [1.165, 1.54) is 5.69 Å². The van der Waals surface area contributed by atoms with E-state index < -0.39 is 0 Å². The molecule has 4 nitrogen and oxygen atoms in total. The third-order valence-corrected chi connectivity index (χ3v) is 4.46. The van der Waals surface area contributed by atoms with Crippen LogP contribution in [0.1, 0.15) is 5.56 Å². The number of alkyl halides is 1. The highest BCUT2D eigenvalue weighted by atomic mass is 35.5. The van der Waals surface area contributed by atoms with Crippen LogP contribution >= 0.6 is 11.6 Å². The van der Waals surface area contributed by atoms with E-state index in [0.29, 0.717) is 5.56 Å². The Morgan fingerprint density at radius 3 is 2.50 bits per heavy atom. The number of para-hydroxylation sites is 1. The fraction of sp³-hybridized carbons (Fsp3) is 0.353. The lowest BCUT2D eigenvalue weighted by Crippen LogP contribution is -2.44. The van der Waals surface area contributed by atoms with Crippen molar-refractivity contribution in [3.63, 3.8) is 0 Å². The Labute approximate surface area is 135 Å². The maximum absolute atomic E-state index is 12.0. The van der Waals surface area contributed by atoms with Crippen molar-refractivity contribution >= 4 is 17.3 Å². The molecule has 0 bridgehead atoms. The number of hydrogen-bond donors (Lipinski definition) is 1. The molecule has 1 aromatic heterocycles. The number of piperazine rings is 1. The van der Waals surface area contributed by atoms with Crippen LogP contribution in [0.3, 0.4) is 0 Å². The van der Waals surface area contributed by atoms with Gasteiger partial charge in [0, 0.05) is 43.0 Å². The van der Waals surface area contributed by atoms with Crippen molar-refractivity contribution in [2.24, 2.45) is 0 Å². The van der Waals surface area contributed by atoms with Crippen LogP contribution in [0.2, 0.25) is 0 Å². The summed E-state index contributed by atoms with van der Waals surface area (Å²) in [6.45, 7) is 4.10. The van der Waals surface area contributed by atoms with Crippen molar-refractivity contribution in [3.8, 4) is 11.3 Å². The van der Waals surface area contributed by atoms with Crippen LogP contribution in [0.15, 0.2) is 41.2 Å². The van der Waals surface area contributed by atoms with Crippen molar-refractivity contribution in [2.75, 3.05) is 38.1 Å². The van der Waals surface area contributed by atoms with Gasteiger partial charge >= 0.3 is 0 Å². The molecular weight excluding hydrogens is 298 g/mol. The predicted octanol–water partition coefficient (Wildman–Crippen LogP) is 2.53. The summed E-state index contributed by atoms with van der Waals surface area (Å²) in [4.78, 5) is 19.7. The predicted molar refractivity (Wildman–Crippen MR) is 91.8 cm³/mol. The number of benzene rings is 1. The SMILES string of the molecule is CN1CCN(c2ccccc2-c2ccc(CCl)c(=O)[nH]2)CC1. The van der Waals surface area contributed by atoms with Crippen LogP contribution in [0.5, 0.6) is 0 Å². The monoisotopic (exact) mass is 317 g/mol. The second-order valence-electron chi connectivity index (χ2n) is 5.67. The molecule has 0 amide bonds. The number of likely N-dealkylation sites (N-methyl/N-ethyl adjacent to an activating group) is 1. The molecule has 0 atom stereocenters. The number of anilines is 1.